The van der Waals surface area contributed by atoms with Crippen LogP contribution in [0.3, 0.4) is 0 Å². The van der Waals surface area contributed by atoms with E-state index >= 15 is 0 Å². The fraction of sp³-hybridized carbons (Fsp3) is 0.611. The lowest BCUT2D eigenvalue weighted by Gasteiger charge is -2.06. The van der Waals surface area contributed by atoms with Crippen molar-refractivity contribution in [1.29, 1.82) is 0 Å². The van der Waals surface area contributed by atoms with Crippen LogP contribution in [-0.2, 0) is 12.6 Å². The predicted octanol–water partition coefficient (Wildman–Crippen LogP) is 5.51. The highest BCUT2D eigenvalue weighted by atomic mass is 32.2. The third kappa shape index (κ3) is 8.73. The molecule has 0 aromatic carbocycles. The van der Waals surface area contributed by atoms with E-state index in [1.54, 1.807) is 0 Å². The molecule has 0 fully saturated rings. The first-order valence-electron chi connectivity index (χ1n) is 8.26. The molecular weight excluding hydrogens is 335 g/mol. The second kappa shape index (κ2) is 12.4. The Morgan fingerprint density at radius 3 is 2.21 bits per heavy atom. The summed E-state index contributed by atoms with van der Waals surface area (Å²) in [7, 11) is 0. The van der Waals surface area contributed by atoms with Crippen LogP contribution in [0.2, 0.25) is 0 Å². The van der Waals surface area contributed by atoms with Gasteiger partial charge < -0.3 is 5.11 Å². The van der Waals surface area contributed by atoms with Crippen LogP contribution in [0, 0.1) is 0 Å². The summed E-state index contributed by atoms with van der Waals surface area (Å²) in [5.41, 5.74) is 2.64. The second-order valence-corrected chi connectivity index (χ2v) is 6.16. The van der Waals surface area contributed by atoms with Crippen molar-refractivity contribution in [2.45, 2.75) is 53.1 Å². The molecule has 0 unspecified atom stereocenters. The fourth-order valence-electron chi connectivity index (χ4n) is 1.83. The highest BCUT2D eigenvalue weighted by Crippen LogP contribution is 2.28. The van der Waals surface area contributed by atoms with E-state index in [2.05, 4.69) is 11.9 Å². The minimum absolute atomic E-state index is 0.263. The predicted molar refractivity (Wildman–Crippen MR) is 96.3 cm³/mol. The summed E-state index contributed by atoms with van der Waals surface area (Å²) in [6.45, 7) is 8.38. The van der Waals surface area contributed by atoms with Crippen LogP contribution in [0.1, 0.15) is 51.8 Å². The lowest BCUT2D eigenvalue weighted by atomic mass is 10.1. The lowest BCUT2D eigenvalue weighted by Crippen LogP contribution is -2.05. The summed E-state index contributed by atoms with van der Waals surface area (Å²) >= 11 is 1.88. The summed E-state index contributed by atoms with van der Waals surface area (Å²) in [4.78, 5) is 3.76. The first-order valence-corrected chi connectivity index (χ1v) is 9.42. The summed E-state index contributed by atoms with van der Waals surface area (Å²) < 4.78 is 36.4. The topological polar surface area (TPSA) is 33.1 Å². The van der Waals surface area contributed by atoms with Crippen molar-refractivity contribution in [3.8, 4) is 0 Å². The van der Waals surface area contributed by atoms with E-state index in [1.165, 1.54) is 17.2 Å². The first kappa shape index (κ1) is 23.0. The number of hydrogen-bond acceptors (Lipinski definition) is 3. The van der Waals surface area contributed by atoms with Crippen LogP contribution in [0.4, 0.5) is 13.2 Å². The molecule has 1 aliphatic rings. The van der Waals surface area contributed by atoms with Gasteiger partial charge in [-0.25, -0.2) is 0 Å². The van der Waals surface area contributed by atoms with Crippen molar-refractivity contribution in [2.75, 3.05) is 18.1 Å². The zero-order valence-electron chi connectivity index (χ0n) is 14.9. The summed E-state index contributed by atoms with van der Waals surface area (Å²) in [5, 5.41) is 8.67. The van der Waals surface area contributed by atoms with Crippen molar-refractivity contribution in [3.63, 3.8) is 0 Å². The molecule has 0 saturated heterocycles. The largest absolute Gasteiger partial charge is 0.417 e. The number of aryl methyl sites for hydroxylation is 1. The molecule has 0 radical (unpaired) electrons. The van der Waals surface area contributed by atoms with Gasteiger partial charge in [-0.05, 0) is 37.5 Å². The van der Waals surface area contributed by atoms with Crippen LogP contribution < -0.4 is 0 Å². The molecule has 1 N–H and O–H groups in total. The number of halogens is 3. The van der Waals surface area contributed by atoms with E-state index in [1.807, 2.05) is 32.5 Å². The van der Waals surface area contributed by atoms with Crippen LogP contribution in [0.5, 0.6) is 0 Å². The summed E-state index contributed by atoms with van der Waals surface area (Å²) in [5.74, 6) is 2.16. The monoisotopic (exact) mass is 363 g/mol. The van der Waals surface area contributed by atoms with Gasteiger partial charge in [-0.15, -0.1) is 0 Å². The van der Waals surface area contributed by atoms with Gasteiger partial charge in [-0.3, -0.25) is 4.98 Å². The fourth-order valence-corrected chi connectivity index (χ4v) is 3.03. The molecule has 6 heteroatoms. The van der Waals surface area contributed by atoms with E-state index in [4.69, 9.17) is 5.11 Å². The van der Waals surface area contributed by atoms with Crippen LogP contribution >= 0.6 is 11.8 Å². The van der Waals surface area contributed by atoms with Gasteiger partial charge in [0.05, 0.1) is 12.2 Å². The van der Waals surface area contributed by atoms with Crippen LogP contribution in [0.25, 0.3) is 0 Å². The van der Waals surface area contributed by atoms with Crippen molar-refractivity contribution in [2.24, 2.45) is 0 Å². The quantitative estimate of drug-likeness (QED) is 0.716. The number of aliphatic hydroxyl groups is 1. The molecule has 0 saturated carbocycles. The van der Waals surface area contributed by atoms with E-state index < -0.39 is 11.7 Å². The van der Waals surface area contributed by atoms with Gasteiger partial charge in [-0.1, -0.05) is 32.8 Å². The van der Waals surface area contributed by atoms with Crippen molar-refractivity contribution in [3.05, 3.63) is 40.7 Å². The first-order chi connectivity index (χ1) is 11.4. The SMILES string of the molecule is CC.CC1=C(CO)CSC1.CCCCc1ccc(C(F)(F)F)cn1. The van der Waals surface area contributed by atoms with Crippen molar-refractivity contribution >= 4 is 11.8 Å². The number of pyridine rings is 1. The number of hydrogen-bond donors (Lipinski definition) is 1. The van der Waals surface area contributed by atoms with Gasteiger partial charge in [0.15, 0.2) is 0 Å². The molecule has 24 heavy (non-hydrogen) atoms. The number of thioether (sulfide) groups is 1. The van der Waals surface area contributed by atoms with Gasteiger partial charge in [0.25, 0.3) is 0 Å². The Morgan fingerprint density at radius 1 is 1.21 bits per heavy atom. The molecule has 1 aliphatic heterocycles. The minimum Gasteiger partial charge on any atom is -0.392 e. The molecule has 0 atom stereocenters. The molecule has 138 valence electrons. The number of rotatable bonds is 4. The number of aromatic nitrogens is 1. The van der Waals surface area contributed by atoms with Gasteiger partial charge in [0.1, 0.15) is 0 Å². The van der Waals surface area contributed by atoms with Crippen LogP contribution in [-0.4, -0.2) is 28.2 Å². The molecule has 0 amide bonds. The van der Waals surface area contributed by atoms with Crippen molar-refractivity contribution in [1.82, 2.24) is 4.98 Å². The van der Waals surface area contributed by atoms with E-state index in [0.29, 0.717) is 0 Å². The molecular formula is C18H28F3NOS. The average molecular weight is 363 g/mol. The Morgan fingerprint density at radius 2 is 1.88 bits per heavy atom. The molecule has 2 heterocycles. The molecule has 1 aromatic heterocycles. The molecule has 2 nitrogen and oxygen atoms in total. The van der Waals surface area contributed by atoms with E-state index in [-0.39, 0.29) is 6.61 Å². The van der Waals surface area contributed by atoms with Gasteiger partial charge in [0.2, 0.25) is 0 Å². The zero-order valence-corrected chi connectivity index (χ0v) is 15.7. The smallest absolute Gasteiger partial charge is 0.392 e. The summed E-state index contributed by atoms with van der Waals surface area (Å²) in [6.07, 6.45) is -0.670. The van der Waals surface area contributed by atoms with Gasteiger partial charge >= 0.3 is 6.18 Å². The Balaban J connectivity index is 0.000000447. The Kier molecular flexibility index (Phi) is 11.8. The van der Waals surface area contributed by atoms with Crippen LogP contribution in [0.15, 0.2) is 29.5 Å². The lowest BCUT2D eigenvalue weighted by molar-refractivity contribution is -0.137. The maximum Gasteiger partial charge on any atom is 0.417 e. The normalized spacial score (nSPS) is 13.8. The summed E-state index contributed by atoms with van der Waals surface area (Å²) in [6, 6.07) is 2.52. The molecule has 0 spiro atoms. The molecule has 0 aliphatic carbocycles. The number of alkyl halides is 3. The maximum absolute atomic E-state index is 12.1. The van der Waals surface area contributed by atoms with Crippen molar-refractivity contribution < 1.29 is 18.3 Å². The average Bonchev–Trinajstić information content (AvgIpc) is 3.00. The van der Waals surface area contributed by atoms with E-state index in [9.17, 15) is 13.2 Å². The minimum atomic E-state index is -4.28. The third-order valence-electron chi connectivity index (χ3n) is 3.33. The van der Waals surface area contributed by atoms with Gasteiger partial charge in [-0.2, -0.15) is 24.9 Å². The van der Waals surface area contributed by atoms with E-state index in [0.717, 1.165) is 48.7 Å². The molecule has 0 bridgehead atoms. The number of unbranched alkanes of at least 4 members (excludes halogenated alkanes) is 1. The van der Waals surface area contributed by atoms with Gasteiger partial charge in [0, 0.05) is 23.4 Å². The number of nitrogens with zero attached hydrogens (tertiary/aromatic N) is 1. The highest BCUT2D eigenvalue weighted by molar-refractivity contribution is 7.99. The maximum atomic E-state index is 12.1. The molecule has 2 rings (SSSR count). The third-order valence-corrected chi connectivity index (χ3v) is 4.52. The Labute approximate surface area is 147 Å². The number of aliphatic hydroxyl groups excluding tert-OH is 1. The molecule has 1 aromatic rings. The second-order valence-electron chi connectivity index (χ2n) is 5.17. The standard InChI is InChI=1S/C10H12F3N.C6H10OS.C2H6/c1-2-3-4-9-6-5-8(7-14-9)10(11,12)13;1-5-3-8-4-6(5)2-7;1-2/h5-7H,2-4H2,1H3;7H,2-4H2,1H3;1-2H3. The Bertz CT molecular complexity index is 484. The Hall–Kier alpha value is -1.01. The zero-order chi connectivity index (χ0) is 18.6. The highest BCUT2D eigenvalue weighted by Gasteiger charge is 2.30.